The third-order valence-electron chi connectivity index (χ3n) is 5.35. The first-order valence-corrected chi connectivity index (χ1v) is 11.6. The molecule has 7 heteroatoms. The lowest BCUT2D eigenvalue weighted by atomic mass is 9.94. The Bertz CT molecular complexity index is 881. The molecular weight excluding hydrogens is 444 g/mol. The van der Waals surface area contributed by atoms with Gasteiger partial charge in [-0.05, 0) is 61.9 Å². The van der Waals surface area contributed by atoms with Crippen molar-refractivity contribution in [1.29, 1.82) is 0 Å². The fourth-order valence-corrected chi connectivity index (χ4v) is 3.79. The van der Waals surface area contributed by atoms with Gasteiger partial charge in [-0.25, -0.2) is 4.79 Å². The predicted octanol–water partition coefficient (Wildman–Crippen LogP) is 5.63. The van der Waals surface area contributed by atoms with Gasteiger partial charge in [0.1, 0.15) is 5.75 Å². The quantitative estimate of drug-likeness (QED) is 0.260. The van der Waals surface area contributed by atoms with Gasteiger partial charge < -0.3 is 18.9 Å². The van der Waals surface area contributed by atoms with Crippen LogP contribution < -0.4 is 4.74 Å². The molecule has 0 radical (unpaired) electrons. The number of unbranched alkanes of at least 4 members (excludes halogenated alkanes) is 1. The smallest absolute Gasteiger partial charge is 0.337 e. The summed E-state index contributed by atoms with van der Waals surface area (Å²) >= 11 is 6.37. The van der Waals surface area contributed by atoms with Crippen LogP contribution in [0.15, 0.2) is 42.5 Å². The normalized spacial score (nSPS) is 11.6. The first kappa shape index (κ1) is 26.7. The minimum Gasteiger partial charge on any atom is -0.493 e. The zero-order valence-electron chi connectivity index (χ0n) is 19.6. The van der Waals surface area contributed by atoms with E-state index >= 15 is 0 Å². The number of ether oxygens (including phenoxy) is 4. The number of benzene rings is 2. The largest absolute Gasteiger partial charge is 0.493 e. The number of rotatable bonds is 14. The fraction of sp³-hybridized carbons (Fsp3) is 0.462. The predicted molar refractivity (Wildman–Crippen MR) is 128 cm³/mol. The first-order valence-electron chi connectivity index (χ1n) is 11.2. The Labute approximate surface area is 201 Å². The van der Waals surface area contributed by atoms with E-state index in [1.54, 1.807) is 12.1 Å². The average Bonchev–Trinajstić information content (AvgIpc) is 2.83. The van der Waals surface area contributed by atoms with Gasteiger partial charge >= 0.3 is 11.9 Å². The maximum Gasteiger partial charge on any atom is 0.337 e. The van der Waals surface area contributed by atoms with E-state index in [0.29, 0.717) is 36.8 Å². The highest BCUT2D eigenvalue weighted by Crippen LogP contribution is 2.28. The van der Waals surface area contributed by atoms with Crippen molar-refractivity contribution < 1.29 is 28.5 Å². The molecule has 2 rings (SSSR count). The van der Waals surface area contributed by atoms with E-state index < -0.39 is 0 Å². The molecule has 0 amide bonds. The molecule has 0 aliphatic rings. The Balaban J connectivity index is 2.00. The Morgan fingerprint density at radius 1 is 1.00 bits per heavy atom. The lowest BCUT2D eigenvalue weighted by Crippen LogP contribution is -2.14. The van der Waals surface area contributed by atoms with Gasteiger partial charge in [-0.15, -0.1) is 0 Å². The van der Waals surface area contributed by atoms with E-state index in [0.717, 1.165) is 42.6 Å². The molecule has 0 bridgehead atoms. The molecular formula is C26H33ClO6. The molecule has 0 aliphatic carbocycles. The summed E-state index contributed by atoms with van der Waals surface area (Å²) in [6.45, 7) is 3.38. The van der Waals surface area contributed by atoms with Crippen LogP contribution in [0.3, 0.4) is 0 Å². The monoisotopic (exact) mass is 476 g/mol. The van der Waals surface area contributed by atoms with E-state index in [1.807, 2.05) is 37.3 Å². The van der Waals surface area contributed by atoms with Crippen molar-refractivity contribution in [2.75, 3.05) is 27.4 Å². The van der Waals surface area contributed by atoms with Gasteiger partial charge in [0.25, 0.3) is 0 Å². The highest BCUT2D eigenvalue weighted by atomic mass is 35.5. The van der Waals surface area contributed by atoms with E-state index in [4.69, 9.17) is 30.5 Å². The lowest BCUT2D eigenvalue weighted by Gasteiger charge is -2.19. The molecule has 0 fully saturated rings. The summed E-state index contributed by atoms with van der Waals surface area (Å²) in [6.07, 6.45) is 3.76. The van der Waals surface area contributed by atoms with Crippen molar-refractivity contribution in [3.63, 3.8) is 0 Å². The number of esters is 2. The zero-order valence-corrected chi connectivity index (χ0v) is 20.4. The van der Waals surface area contributed by atoms with Gasteiger partial charge in [0.15, 0.2) is 0 Å². The van der Waals surface area contributed by atoms with Crippen LogP contribution in [-0.2, 0) is 32.0 Å². The van der Waals surface area contributed by atoms with Crippen molar-refractivity contribution in [3.05, 3.63) is 64.2 Å². The molecule has 2 aromatic rings. The van der Waals surface area contributed by atoms with Gasteiger partial charge in [-0.1, -0.05) is 36.2 Å². The minimum atomic E-state index is -0.353. The van der Waals surface area contributed by atoms with Crippen LogP contribution in [-0.4, -0.2) is 39.4 Å². The molecule has 0 aromatic heterocycles. The van der Waals surface area contributed by atoms with Crippen molar-refractivity contribution in [2.45, 2.75) is 45.6 Å². The topological polar surface area (TPSA) is 71.1 Å². The molecule has 1 atom stereocenters. The molecule has 1 unspecified atom stereocenters. The van der Waals surface area contributed by atoms with Gasteiger partial charge in [-0.3, -0.25) is 4.79 Å². The standard InChI is InChI=1S/C26H33ClO6/c1-4-33-24-10-7-9-23(27)22(24)18-32-17-20(8-5-6-11-25(28)30-2)16-19-12-14-21(15-13-19)26(29)31-3/h7,9-10,12-15,20H,4-6,8,11,16-18H2,1-3H3. The van der Waals surface area contributed by atoms with Crippen LogP contribution in [0, 0.1) is 5.92 Å². The second-order valence-corrected chi connectivity index (χ2v) is 8.15. The summed E-state index contributed by atoms with van der Waals surface area (Å²) in [5, 5.41) is 0.619. The average molecular weight is 477 g/mol. The summed E-state index contributed by atoms with van der Waals surface area (Å²) in [5.74, 6) is 0.431. The van der Waals surface area contributed by atoms with Crippen molar-refractivity contribution in [2.24, 2.45) is 5.92 Å². The molecule has 0 N–H and O–H groups in total. The number of halogens is 1. The molecule has 6 nitrogen and oxygen atoms in total. The Morgan fingerprint density at radius 2 is 1.76 bits per heavy atom. The fourth-order valence-electron chi connectivity index (χ4n) is 3.57. The van der Waals surface area contributed by atoms with Crippen LogP contribution >= 0.6 is 11.6 Å². The van der Waals surface area contributed by atoms with Crippen LogP contribution in [0.4, 0.5) is 0 Å². The summed E-state index contributed by atoms with van der Waals surface area (Å²) in [6, 6.07) is 13.0. The third kappa shape index (κ3) is 9.06. The van der Waals surface area contributed by atoms with Gasteiger partial charge in [-0.2, -0.15) is 0 Å². The van der Waals surface area contributed by atoms with Gasteiger partial charge in [0, 0.05) is 17.0 Å². The number of carbonyl (C=O) groups excluding carboxylic acids is 2. The van der Waals surface area contributed by atoms with Crippen molar-refractivity contribution in [1.82, 2.24) is 0 Å². The van der Waals surface area contributed by atoms with Crippen molar-refractivity contribution >= 4 is 23.5 Å². The summed E-state index contributed by atoms with van der Waals surface area (Å²) in [7, 11) is 2.77. The van der Waals surface area contributed by atoms with Crippen LogP contribution in [0.25, 0.3) is 0 Å². The third-order valence-corrected chi connectivity index (χ3v) is 5.70. The summed E-state index contributed by atoms with van der Waals surface area (Å²) in [5.41, 5.74) is 2.47. The number of hydrogen-bond donors (Lipinski definition) is 0. The SMILES string of the molecule is CCOc1cccc(Cl)c1COCC(CCCCC(=O)OC)Cc1ccc(C(=O)OC)cc1. The Kier molecular flexibility index (Phi) is 11.8. The Hall–Kier alpha value is -2.57. The number of methoxy groups -OCH3 is 2. The zero-order chi connectivity index (χ0) is 24.1. The first-order chi connectivity index (χ1) is 16.0. The Morgan fingerprint density at radius 3 is 2.42 bits per heavy atom. The van der Waals surface area contributed by atoms with Crippen LogP contribution in [0.5, 0.6) is 5.75 Å². The summed E-state index contributed by atoms with van der Waals surface area (Å²) in [4.78, 5) is 23.1. The van der Waals surface area contributed by atoms with E-state index in [-0.39, 0.29) is 17.9 Å². The maximum absolute atomic E-state index is 11.7. The number of carbonyl (C=O) groups is 2. The molecule has 0 heterocycles. The highest BCUT2D eigenvalue weighted by Gasteiger charge is 2.14. The number of hydrogen-bond acceptors (Lipinski definition) is 6. The lowest BCUT2D eigenvalue weighted by molar-refractivity contribution is -0.140. The molecule has 33 heavy (non-hydrogen) atoms. The van der Waals surface area contributed by atoms with Crippen LogP contribution in [0.1, 0.15) is 54.1 Å². The van der Waals surface area contributed by atoms with Crippen molar-refractivity contribution in [3.8, 4) is 5.75 Å². The summed E-state index contributed by atoms with van der Waals surface area (Å²) < 4.78 is 21.2. The molecule has 2 aromatic carbocycles. The van der Waals surface area contributed by atoms with Gasteiger partial charge in [0.2, 0.25) is 0 Å². The second kappa shape index (κ2) is 14.6. The molecule has 0 spiro atoms. The van der Waals surface area contributed by atoms with E-state index in [1.165, 1.54) is 14.2 Å². The molecule has 0 saturated heterocycles. The highest BCUT2D eigenvalue weighted by molar-refractivity contribution is 6.31. The minimum absolute atomic E-state index is 0.191. The van der Waals surface area contributed by atoms with E-state index in [2.05, 4.69) is 0 Å². The molecule has 0 aliphatic heterocycles. The van der Waals surface area contributed by atoms with E-state index in [9.17, 15) is 9.59 Å². The maximum atomic E-state index is 11.7. The van der Waals surface area contributed by atoms with Crippen LogP contribution in [0.2, 0.25) is 5.02 Å². The molecule has 180 valence electrons. The molecule has 0 saturated carbocycles. The van der Waals surface area contributed by atoms with Gasteiger partial charge in [0.05, 0.1) is 39.6 Å². The second-order valence-electron chi connectivity index (χ2n) is 7.75.